The van der Waals surface area contributed by atoms with E-state index in [1.807, 2.05) is 47.4 Å². The highest BCUT2D eigenvalue weighted by Gasteiger charge is 2.34. The molecule has 1 unspecified atom stereocenters. The van der Waals surface area contributed by atoms with Gasteiger partial charge in [0.2, 0.25) is 0 Å². The Morgan fingerprint density at radius 1 is 1.06 bits per heavy atom. The SMILES string of the molecule is O=C(NC(c1cccc2c1CCN(c1ccccc1)C2=O)C1CCNCC1)c1cc(C2CC2)on1. The maximum absolute atomic E-state index is 13.5. The van der Waals surface area contributed by atoms with Crippen molar-refractivity contribution in [1.29, 1.82) is 0 Å². The number of nitrogens with one attached hydrogen (secondary N) is 2. The third-order valence-corrected chi connectivity index (χ3v) is 7.56. The van der Waals surface area contributed by atoms with Gasteiger partial charge in [-0.15, -0.1) is 0 Å². The summed E-state index contributed by atoms with van der Waals surface area (Å²) in [6.07, 6.45) is 4.87. The third-order valence-electron chi connectivity index (χ3n) is 7.56. The van der Waals surface area contributed by atoms with Gasteiger partial charge in [-0.25, -0.2) is 0 Å². The second-order valence-electron chi connectivity index (χ2n) is 9.84. The number of carbonyl (C=O) groups excluding carboxylic acids is 2. The minimum absolute atomic E-state index is 0.0141. The zero-order valence-electron chi connectivity index (χ0n) is 19.7. The minimum atomic E-state index is -0.213. The second kappa shape index (κ2) is 9.30. The Morgan fingerprint density at radius 2 is 1.86 bits per heavy atom. The predicted molar refractivity (Wildman–Crippen MR) is 133 cm³/mol. The van der Waals surface area contributed by atoms with Gasteiger partial charge in [0.15, 0.2) is 5.69 Å². The number of carbonyl (C=O) groups is 2. The first-order valence-electron chi connectivity index (χ1n) is 12.7. The van der Waals surface area contributed by atoms with Crippen molar-refractivity contribution < 1.29 is 14.1 Å². The molecule has 7 nitrogen and oxygen atoms in total. The molecule has 180 valence electrons. The summed E-state index contributed by atoms with van der Waals surface area (Å²) in [7, 11) is 0. The van der Waals surface area contributed by atoms with Crippen molar-refractivity contribution in [3.8, 4) is 0 Å². The van der Waals surface area contributed by atoms with Crippen LogP contribution >= 0.6 is 0 Å². The fraction of sp³-hybridized carbons (Fsp3) is 0.393. The summed E-state index contributed by atoms with van der Waals surface area (Å²) in [4.78, 5) is 28.6. The molecule has 2 N–H and O–H groups in total. The number of anilines is 1. The second-order valence-corrected chi connectivity index (χ2v) is 9.84. The average Bonchev–Trinajstić information content (AvgIpc) is 3.64. The molecule has 2 aliphatic heterocycles. The molecule has 3 aromatic rings. The van der Waals surface area contributed by atoms with E-state index in [4.69, 9.17) is 4.52 Å². The Morgan fingerprint density at radius 3 is 2.63 bits per heavy atom. The van der Waals surface area contributed by atoms with Crippen molar-refractivity contribution >= 4 is 17.5 Å². The molecule has 1 saturated carbocycles. The predicted octanol–water partition coefficient (Wildman–Crippen LogP) is 4.23. The number of aromatic nitrogens is 1. The molecule has 1 aliphatic carbocycles. The zero-order valence-corrected chi connectivity index (χ0v) is 19.7. The number of rotatable bonds is 6. The van der Waals surface area contributed by atoms with Gasteiger partial charge in [0.1, 0.15) is 5.76 Å². The van der Waals surface area contributed by atoms with E-state index in [2.05, 4.69) is 21.9 Å². The monoisotopic (exact) mass is 470 g/mol. The molecular weight excluding hydrogens is 440 g/mol. The molecule has 0 radical (unpaired) electrons. The number of fused-ring (bicyclic) bond motifs is 1. The van der Waals surface area contributed by atoms with Crippen molar-refractivity contribution in [3.63, 3.8) is 0 Å². The van der Waals surface area contributed by atoms with Crippen LogP contribution in [-0.2, 0) is 6.42 Å². The molecule has 2 fully saturated rings. The Balaban J connectivity index is 1.31. The number of hydrogen-bond donors (Lipinski definition) is 2. The van der Waals surface area contributed by atoms with Crippen LogP contribution in [0.2, 0.25) is 0 Å². The van der Waals surface area contributed by atoms with Gasteiger partial charge in [-0.2, -0.15) is 0 Å². The first-order chi connectivity index (χ1) is 17.2. The van der Waals surface area contributed by atoms with E-state index in [9.17, 15) is 9.59 Å². The molecule has 2 amide bonds. The van der Waals surface area contributed by atoms with E-state index in [0.717, 1.165) is 73.3 Å². The van der Waals surface area contributed by atoms with Crippen LogP contribution in [0.5, 0.6) is 0 Å². The van der Waals surface area contributed by atoms with Gasteiger partial charge >= 0.3 is 0 Å². The summed E-state index contributed by atoms with van der Waals surface area (Å²) < 4.78 is 5.43. The van der Waals surface area contributed by atoms with Crippen LogP contribution in [0.25, 0.3) is 0 Å². The highest BCUT2D eigenvalue weighted by molar-refractivity contribution is 6.08. The number of piperidine rings is 1. The van der Waals surface area contributed by atoms with Crippen molar-refractivity contribution in [2.45, 2.75) is 44.1 Å². The maximum atomic E-state index is 13.5. The molecule has 2 aromatic carbocycles. The highest BCUT2D eigenvalue weighted by Crippen LogP contribution is 2.40. The van der Waals surface area contributed by atoms with Gasteiger partial charge in [0, 0.05) is 29.8 Å². The Hall–Kier alpha value is -3.45. The summed E-state index contributed by atoms with van der Waals surface area (Å²) in [5.74, 6) is 1.29. The summed E-state index contributed by atoms with van der Waals surface area (Å²) in [5, 5.41) is 10.8. The van der Waals surface area contributed by atoms with Crippen molar-refractivity contribution in [1.82, 2.24) is 15.8 Å². The quantitative estimate of drug-likeness (QED) is 0.563. The van der Waals surface area contributed by atoms with Crippen LogP contribution in [0.15, 0.2) is 59.1 Å². The number of hydrogen-bond acceptors (Lipinski definition) is 5. The fourth-order valence-corrected chi connectivity index (χ4v) is 5.50. The first kappa shape index (κ1) is 22.0. The molecule has 6 rings (SSSR count). The molecule has 1 atom stereocenters. The molecule has 3 aliphatic rings. The van der Waals surface area contributed by atoms with E-state index in [-0.39, 0.29) is 23.8 Å². The minimum Gasteiger partial charge on any atom is -0.360 e. The normalized spacial score (nSPS) is 19.3. The fourth-order valence-electron chi connectivity index (χ4n) is 5.50. The van der Waals surface area contributed by atoms with Crippen molar-refractivity contribution in [3.05, 3.63) is 82.7 Å². The van der Waals surface area contributed by atoms with E-state index in [1.54, 1.807) is 6.07 Å². The lowest BCUT2D eigenvalue weighted by Gasteiger charge is -2.35. The summed E-state index contributed by atoms with van der Waals surface area (Å²) >= 11 is 0. The van der Waals surface area contributed by atoms with Crippen molar-refractivity contribution in [2.75, 3.05) is 24.5 Å². The van der Waals surface area contributed by atoms with Crippen LogP contribution in [-0.4, -0.2) is 36.6 Å². The molecule has 35 heavy (non-hydrogen) atoms. The van der Waals surface area contributed by atoms with Crippen LogP contribution in [0.1, 0.15) is 75.4 Å². The number of benzene rings is 2. The summed E-state index contributed by atoms with van der Waals surface area (Å²) in [5.41, 5.74) is 4.07. The smallest absolute Gasteiger partial charge is 0.273 e. The average molecular weight is 471 g/mol. The molecule has 0 spiro atoms. The van der Waals surface area contributed by atoms with Crippen LogP contribution in [0.4, 0.5) is 5.69 Å². The summed E-state index contributed by atoms with van der Waals surface area (Å²) in [6, 6.07) is 17.3. The molecule has 0 bridgehead atoms. The lowest BCUT2D eigenvalue weighted by atomic mass is 9.81. The first-order valence-corrected chi connectivity index (χ1v) is 12.7. The van der Waals surface area contributed by atoms with E-state index < -0.39 is 0 Å². The lowest BCUT2D eigenvalue weighted by Crippen LogP contribution is -2.42. The topological polar surface area (TPSA) is 87.5 Å². The Kier molecular flexibility index (Phi) is 5.86. The summed E-state index contributed by atoms with van der Waals surface area (Å²) in [6.45, 7) is 2.46. The highest BCUT2D eigenvalue weighted by atomic mass is 16.5. The van der Waals surface area contributed by atoms with Gasteiger partial charge in [-0.1, -0.05) is 35.5 Å². The maximum Gasteiger partial charge on any atom is 0.273 e. The molecule has 3 heterocycles. The lowest BCUT2D eigenvalue weighted by molar-refractivity contribution is 0.0904. The third kappa shape index (κ3) is 4.36. The molecule has 1 aromatic heterocycles. The standard InChI is InChI=1S/C28H30N4O3/c33-27(24-17-25(35-31-24)18-9-10-18)30-26(19-11-14-29-15-12-19)22-7-4-8-23-21(22)13-16-32(28(23)34)20-5-2-1-3-6-20/h1-8,17-19,26,29H,9-16H2,(H,30,33). The Labute approximate surface area is 204 Å². The van der Waals surface area contributed by atoms with E-state index in [1.165, 1.54) is 0 Å². The van der Waals surface area contributed by atoms with E-state index in [0.29, 0.717) is 18.2 Å². The van der Waals surface area contributed by atoms with E-state index >= 15 is 0 Å². The van der Waals surface area contributed by atoms with Gasteiger partial charge in [0.25, 0.3) is 11.8 Å². The van der Waals surface area contributed by atoms with Crippen molar-refractivity contribution in [2.24, 2.45) is 5.92 Å². The largest absolute Gasteiger partial charge is 0.360 e. The number of nitrogens with zero attached hydrogens (tertiary/aromatic N) is 2. The van der Waals surface area contributed by atoms with Gasteiger partial charge in [-0.05, 0) is 80.4 Å². The molecule has 1 saturated heterocycles. The number of para-hydroxylation sites is 1. The van der Waals surface area contributed by atoms with Gasteiger partial charge in [-0.3, -0.25) is 9.59 Å². The van der Waals surface area contributed by atoms with Crippen LogP contribution in [0, 0.1) is 5.92 Å². The zero-order chi connectivity index (χ0) is 23.8. The number of amides is 2. The Bertz CT molecular complexity index is 1230. The van der Waals surface area contributed by atoms with Gasteiger partial charge < -0.3 is 20.1 Å². The van der Waals surface area contributed by atoms with Gasteiger partial charge in [0.05, 0.1) is 6.04 Å². The molecule has 7 heteroatoms. The van der Waals surface area contributed by atoms with Crippen LogP contribution < -0.4 is 15.5 Å². The van der Waals surface area contributed by atoms with Crippen LogP contribution in [0.3, 0.4) is 0 Å². The molecular formula is C28H30N4O3.